The molecule has 0 radical (unpaired) electrons. The molecular formula is C13H11ClF3N. The van der Waals surface area contributed by atoms with E-state index < -0.39 is 11.7 Å². The van der Waals surface area contributed by atoms with Gasteiger partial charge in [-0.05, 0) is 44.2 Å². The minimum atomic E-state index is -4.37. The van der Waals surface area contributed by atoms with Crippen LogP contribution in [0.3, 0.4) is 0 Å². The van der Waals surface area contributed by atoms with Crippen molar-refractivity contribution in [3.8, 4) is 5.69 Å². The average Bonchev–Trinajstić information content (AvgIpc) is 2.58. The highest BCUT2D eigenvalue weighted by molar-refractivity contribution is 6.32. The predicted molar refractivity (Wildman–Crippen MR) is 65.3 cm³/mol. The average molecular weight is 274 g/mol. The van der Waals surface area contributed by atoms with Gasteiger partial charge in [0.2, 0.25) is 0 Å². The lowest BCUT2D eigenvalue weighted by molar-refractivity contribution is -0.137. The van der Waals surface area contributed by atoms with Gasteiger partial charge < -0.3 is 4.57 Å². The predicted octanol–water partition coefficient (Wildman–Crippen LogP) is 4.77. The van der Waals surface area contributed by atoms with E-state index in [4.69, 9.17) is 11.6 Å². The van der Waals surface area contributed by atoms with Crippen LogP contribution in [0.15, 0.2) is 30.3 Å². The van der Waals surface area contributed by atoms with Crippen molar-refractivity contribution in [2.45, 2.75) is 20.0 Å². The summed E-state index contributed by atoms with van der Waals surface area (Å²) in [7, 11) is 0. The second-order valence-electron chi connectivity index (χ2n) is 4.12. The second kappa shape index (κ2) is 4.35. The first-order valence-corrected chi connectivity index (χ1v) is 5.70. The standard InChI is InChI=1S/C13H11ClF3N/c1-8-3-4-9(2)18(8)12-7-10(13(15,16)17)5-6-11(12)14/h3-7H,1-2H3. The number of nitrogens with zero attached hydrogens (tertiary/aromatic N) is 1. The van der Waals surface area contributed by atoms with E-state index in [0.717, 1.165) is 23.5 Å². The normalized spacial score (nSPS) is 11.9. The lowest BCUT2D eigenvalue weighted by Crippen LogP contribution is -2.07. The van der Waals surface area contributed by atoms with E-state index in [1.54, 1.807) is 4.57 Å². The number of hydrogen-bond acceptors (Lipinski definition) is 0. The van der Waals surface area contributed by atoms with Crippen LogP contribution < -0.4 is 0 Å². The molecule has 0 saturated heterocycles. The third-order valence-electron chi connectivity index (χ3n) is 2.79. The molecule has 2 aromatic rings. The maximum absolute atomic E-state index is 12.7. The molecule has 0 aliphatic carbocycles. The Kier molecular flexibility index (Phi) is 3.15. The van der Waals surface area contributed by atoms with Crippen molar-refractivity contribution in [2.75, 3.05) is 0 Å². The highest BCUT2D eigenvalue weighted by Gasteiger charge is 2.31. The van der Waals surface area contributed by atoms with Gasteiger partial charge in [-0.1, -0.05) is 11.6 Å². The number of aromatic nitrogens is 1. The fraction of sp³-hybridized carbons (Fsp3) is 0.231. The summed E-state index contributed by atoms with van der Waals surface area (Å²) in [5.74, 6) is 0. The van der Waals surface area contributed by atoms with Crippen molar-refractivity contribution in [1.82, 2.24) is 4.57 Å². The largest absolute Gasteiger partial charge is 0.416 e. The zero-order chi connectivity index (χ0) is 13.5. The Morgan fingerprint density at radius 2 is 1.56 bits per heavy atom. The molecular weight excluding hydrogens is 263 g/mol. The molecule has 1 heterocycles. The molecule has 1 aromatic carbocycles. The van der Waals surface area contributed by atoms with Gasteiger partial charge >= 0.3 is 6.18 Å². The van der Waals surface area contributed by atoms with Crippen molar-refractivity contribution >= 4 is 11.6 Å². The van der Waals surface area contributed by atoms with E-state index in [0.29, 0.717) is 10.7 Å². The summed E-state index contributed by atoms with van der Waals surface area (Å²) in [6.45, 7) is 3.65. The third-order valence-corrected chi connectivity index (χ3v) is 3.11. The second-order valence-corrected chi connectivity index (χ2v) is 4.52. The number of benzene rings is 1. The van der Waals surface area contributed by atoms with E-state index in [1.165, 1.54) is 6.07 Å². The quantitative estimate of drug-likeness (QED) is 0.705. The van der Waals surface area contributed by atoms with Gasteiger partial charge in [-0.15, -0.1) is 0 Å². The van der Waals surface area contributed by atoms with Crippen LogP contribution in [0.5, 0.6) is 0 Å². The van der Waals surface area contributed by atoms with Crippen LogP contribution in [-0.2, 0) is 6.18 Å². The molecule has 1 aromatic heterocycles. The van der Waals surface area contributed by atoms with Crippen LogP contribution in [0.1, 0.15) is 17.0 Å². The van der Waals surface area contributed by atoms with E-state index in [-0.39, 0.29) is 0 Å². The molecule has 0 unspecified atom stereocenters. The van der Waals surface area contributed by atoms with Gasteiger partial charge in [0.1, 0.15) is 0 Å². The Morgan fingerprint density at radius 3 is 2.06 bits per heavy atom. The van der Waals surface area contributed by atoms with Gasteiger partial charge in [-0.3, -0.25) is 0 Å². The maximum atomic E-state index is 12.7. The number of aryl methyl sites for hydroxylation is 2. The van der Waals surface area contributed by atoms with Gasteiger partial charge in [0, 0.05) is 11.4 Å². The van der Waals surface area contributed by atoms with Crippen molar-refractivity contribution in [3.63, 3.8) is 0 Å². The fourth-order valence-corrected chi connectivity index (χ4v) is 2.11. The molecule has 0 atom stereocenters. The third kappa shape index (κ3) is 2.25. The molecule has 0 aliphatic heterocycles. The zero-order valence-electron chi connectivity index (χ0n) is 9.85. The SMILES string of the molecule is Cc1ccc(C)n1-c1cc(C(F)(F)F)ccc1Cl. The van der Waals surface area contributed by atoms with E-state index in [1.807, 2.05) is 26.0 Å². The van der Waals surface area contributed by atoms with E-state index >= 15 is 0 Å². The molecule has 0 N–H and O–H groups in total. The topological polar surface area (TPSA) is 4.93 Å². The van der Waals surface area contributed by atoms with Crippen molar-refractivity contribution < 1.29 is 13.2 Å². The van der Waals surface area contributed by atoms with Crippen LogP contribution in [-0.4, -0.2) is 4.57 Å². The maximum Gasteiger partial charge on any atom is 0.416 e. The first-order chi connectivity index (χ1) is 8.30. The number of hydrogen-bond donors (Lipinski definition) is 0. The zero-order valence-corrected chi connectivity index (χ0v) is 10.6. The smallest absolute Gasteiger partial charge is 0.317 e. The van der Waals surface area contributed by atoms with Crippen LogP contribution in [0.2, 0.25) is 5.02 Å². The summed E-state index contributed by atoms with van der Waals surface area (Å²) < 4.78 is 39.8. The summed E-state index contributed by atoms with van der Waals surface area (Å²) in [5, 5.41) is 0.297. The van der Waals surface area contributed by atoms with Crippen LogP contribution >= 0.6 is 11.6 Å². The van der Waals surface area contributed by atoms with E-state index in [2.05, 4.69) is 0 Å². The number of halogens is 4. The summed E-state index contributed by atoms with van der Waals surface area (Å²) in [4.78, 5) is 0. The molecule has 1 nitrogen and oxygen atoms in total. The van der Waals surface area contributed by atoms with Crippen LogP contribution in [0, 0.1) is 13.8 Å². The van der Waals surface area contributed by atoms with E-state index in [9.17, 15) is 13.2 Å². The monoisotopic (exact) mass is 273 g/mol. The molecule has 0 fully saturated rings. The molecule has 0 bridgehead atoms. The molecule has 2 rings (SSSR count). The lowest BCUT2D eigenvalue weighted by atomic mass is 10.2. The Labute approximate surface area is 108 Å². The van der Waals surface area contributed by atoms with Gasteiger partial charge in [0.15, 0.2) is 0 Å². The first-order valence-electron chi connectivity index (χ1n) is 5.33. The van der Waals surface area contributed by atoms with Gasteiger partial charge in [-0.25, -0.2) is 0 Å². The Hall–Kier alpha value is -1.42. The molecule has 0 amide bonds. The van der Waals surface area contributed by atoms with Crippen LogP contribution in [0.4, 0.5) is 13.2 Å². The van der Waals surface area contributed by atoms with Gasteiger partial charge in [0.25, 0.3) is 0 Å². The molecule has 0 saturated carbocycles. The fourth-order valence-electron chi connectivity index (χ4n) is 1.91. The van der Waals surface area contributed by atoms with Gasteiger partial charge in [0.05, 0.1) is 16.3 Å². The van der Waals surface area contributed by atoms with Crippen molar-refractivity contribution in [3.05, 3.63) is 52.3 Å². The summed E-state index contributed by atoms with van der Waals surface area (Å²) in [6, 6.07) is 7.01. The summed E-state index contributed by atoms with van der Waals surface area (Å²) in [6.07, 6.45) is -4.37. The van der Waals surface area contributed by atoms with Crippen molar-refractivity contribution in [2.24, 2.45) is 0 Å². The highest BCUT2D eigenvalue weighted by Crippen LogP contribution is 2.34. The lowest BCUT2D eigenvalue weighted by Gasteiger charge is -2.14. The molecule has 96 valence electrons. The Bertz CT molecular complexity index is 565. The van der Waals surface area contributed by atoms with Crippen molar-refractivity contribution in [1.29, 1.82) is 0 Å². The summed E-state index contributed by atoms with van der Waals surface area (Å²) in [5.41, 5.74) is 1.34. The molecule has 0 aliphatic rings. The minimum Gasteiger partial charge on any atom is -0.317 e. The molecule has 18 heavy (non-hydrogen) atoms. The number of rotatable bonds is 1. The summed E-state index contributed by atoms with van der Waals surface area (Å²) >= 11 is 5.99. The first kappa shape index (κ1) is 13.0. The van der Waals surface area contributed by atoms with Gasteiger partial charge in [-0.2, -0.15) is 13.2 Å². The highest BCUT2D eigenvalue weighted by atomic mass is 35.5. The Morgan fingerprint density at radius 1 is 1.00 bits per heavy atom. The number of alkyl halides is 3. The Balaban J connectivity index is 2.65. The minimum absolute atomic E-state index is 0.297. The molecule has 5 heteroatoms. The van der Waals surface area contributed by atoms with Crippen LogP contribution in [0.25, 0.3) is 5.69 Å². The molecule has 0 spiro atoms.